The lowest BCUT2D eigenvalue weighted by atomic mass is 9.98. The first-order chi connectivity index (χ1) is 7.56. The quantitative estimate of drug-likeness (QED) is 0.885. The third-order valence-corrected chi connectivity index (χ3v) is 3.09. The molecular weight excluding hydrogens is 228 g/mol. The molecule has 0 aliphatic rings. The van der Waals surface area contributed by atoms with Gasteiger partial charge in [-0.3, -0.25) is 0 Å². The number of ether oxygens (including phenoxy) is 2. The van der Waals surface area contributed by atoms with Crippen molar-refractivity contribution in [3.05, 3.63) is 22.2 Å². The van der Waals surface area contributed by atoms with E-state index in [9.17, 15) is 5.11 Å². The van der Waals surface area contributed by atoms with Gasteiger partial charge in [-0.2, -0.15) is 0 Å². The Kier molecular flexibility index (Phi) is 4.44. The largest absolute Gasteiger partial charge is 0.493 e. The molecule has 1 aromatic carbocycles. The lowest BCUT2D eigenvalue weighted by Gasteiger charge is -2.19. The zero-order valence-electron chi connectivity index (χ0n) is 10.0. The van der Waals surface area contributed by atoms with E-state index in [1.54, 1.807) is 14.2 Å². The number of aliphatic hydroxyl groups is 1. The number of aryl methyl sites for hydroxylation is 1. The summed E-state index contributed by atoms with van der Waals surface area (Å²) in [5.41, 5.74) is 1.71. The van der Waals surface area contributed by atoms with E-state index in [0.29, 0.717) is 16.5 Å². The van der Waals surface area contributed by atoms with E-state index in [0.717, 1.165) is 11.1 Å². The molecule has 0 fully saturated rings. The number of aliphatic hydroxyl groups excluding tert-OH is 1. The molecule has 90 valence electrons. The first-order valence-electron chi connectivity index (χ1n) is 5.08. The highest BCUT2D eigenvalue weighted by Gasteiger charge is 2.20. The fourth-order valence-electron chi connectivity index (χ4n) is 1.66. The molecule has 1 atom stereocenters. The molecule has 0 bridgehead atoms. The molecule has 0 saturated heterocycles. The molecule has 0 aromatic heterocycles. The van der Waals surface area contributed by atoms with Gasteiger partial charge in [0.1, 0.15) is 0 Å². The van der Waals surface area contributed by atoms with E-state index in [4.69, 9.17) is 21.1 Å². The average molecular weight is 245 g/mol. The van der Waals surface area contributed by atoms with Crippen molar-refractivity contribution in [2.24, 2.45) is 0 Å². The summed E-state index contributed by atoms with van der Waals surface area (Å²) in [6.07, 6.45) is 0. The Morgan fingerprint density at radius 1 is 1.38 bits per heavy atom. The molecule has 1 rings (SSSR count). The Morgan fingerprint density at radius 2 is 2.00 bits per heavy atom. The molecule has 1 N–H and O–H groups in total. The van der Waals surface area contributed by atoms with Crippen molar-refractivity contribution in [1.29, 1.82) is 0 Å². The summed E-state index contributed by atoms with van der Waals surface area (Å²) in [7, 11) is 3.15. The minimum absolute atomic E-state index is 0.0166. The second-order valence-electron chi connectivity index (χ2n) is 3.74. The van der Waals surface area contributed by atoms with Crippen LogP contribution in [-0.4, -0.2) is 25.9 Å². The van der Waals surface area contributed by atoms with Crippen LogP contribution >= 0.6 is 11.6 Å². The fourth-order valence-corrected chi connectivity index (χ4v) is 1.99. The molecule has 0 radical (unpaired) electrons. The summed E-state index contributed by atoms with van der Waals surface area (Å²) >= 11 is 6.23. The number of rotatable bonds is 4. The van der Waals surface area contributed by atoms with Crippen LogP contribution in [0.3, 0.4) is 0 Å². The molecule has 0 saturated carbocycles. The molecule has 3 nitrogen and oxygen atoms in total. The highest BCUT2D eigenvalue weighted by atomic mass is 35.5. The highest BCUT2D eigenvalue weighted by molar-refractivity contribution is 6.32. The Hall–Kier alpha value is -0.930. The molecule has 4 heteroatoms. The van der Waals surface area contributed by atoms with Crippen molar-refractivity contribution < 1.29 is 14.6 Å². The lowest BCUT2D eigenvalue weighted by molar-refractivity contribution is 0.268. The summed E-state index contributed by atoms with van der Waals surface area (Å²) in [6.45, 7) is 3.81. The lowest BCUT2D eigenvalue weighted by Crippen LogP contribution is -2.05. The van der Waals surface area contributed by atoms with Crippen LogP contribution in [0.4, 0.5) is 0 Å². The summed E-state index contributed by atoms with van der Waals surface area (Å²) in [5, 5.41) is 9.86. The van der Waals surface area contributed by atoms with Crippen LogP contribution in [0.2, 0.25) is 5.02 Å². The maximum atomic E-state index is 9.23. The van der Waals surface area contributed by atoms with Gasteiger partial charge in [-0.1, -0.05) is 18.5 Å². The Balaban J connectivity index is 3.46. The monoisotopic (exact) mass is 244 g/mol. The van der Waals surface area contributed by atoms with Crippen molar-refractivity contribution in [1.82, 2.24) is 0 Å². The van der Waals surface area contributed by atoms with Gasteiger partial charge in [0.25, 0.3) is 0 Å². The predicted molar refractivity (Wildman–Crippen MR) is 64.8 cm³/mol. The van der Waals surface area contributed by atoms with Crippen molar-refractivity contribution in [2.75, 3.05) is 20.8 Å². The van der Waals surface area contributed by atoms with Gasteiger partial charge >= 0.3 is 0 Å². The molecule has 0 spiro atoms. The third-order valence-electron chi connectivity index (χ3n) is 2.59. The Bertz CT molecular complexity index is 377. The average Bonchev–Trinajstić information content (AvgIpc) is 2.30. The van der Waals surface area contributed by atoms with Crippen molar-refractivity contribution in [2.45, 2.75) is 19.8 Å². The van der Waals surface area contributed by atoms with Crippen molar-refractivity contribution in [3.63, 3.8) is 0 Å². The van der Waals surface area contributed by atoms with E-state index in [2.05, 4.69) is 0 Å². The minimum atomic E-state index is -0.0868. The van der Waals surface area contributed by atoms with Crippen molar-refractivity contribution in [3.8, 4) is 11.5 Å². The highest BCUT2D eigenvalue weighted by Crippen LogP contribution is 2.42. The molecule has 0 amide bonds. The zero-order valence-corrected chi connectivity index (χ0v) is 10.8. The molecule has 0 aliphatic heterocycles. The van der Waals surface area contributed by atoms with Crippen LogP contribution in [0.15, 0.2) is 6.07 Å². The summed E-state index contributed by atoms with van der Waals surface area (Å²) < 4.78 is 10.5. The first-order valence-corrected chi connectivity index (χ1v) is 5.46. The molecule has 0 heterocycles. The first kappa shape index (κ1) is 13.1. The summed E-state index contributed by atoms with van der Waals surface area (Å²) in [6, 6.07) is 1.83. The molecule has 0 aliphatic carbocycles. The Morgan fingerprint density at radius 3 is 2.44 bits per heavy atom. The van der Waals surface area contributed by atoms with Crippen LogP contribution in [0.25, 0.3) is 0 Å². The standard InChI is InChI=1S/C12H17ClO3/c1-7-5-9(15-3)12(16-4)10(11(7)13)8(2)6-14/h5,8,14H,6H2,1-4H3. The SMILES string of the molecule is COc1cc(C)c(Cl)c(C(C)CO)c1OC. The summed E-state index contributed by atoms with van der Waals surface area (Å²) in [5.74, 6) is 1.15. The van der Waals surface area contributed by atoms with Crippen LogP contribution < -0.4 is 9.47 Å². The van der Waals surface area contributed by atoms with E-state index in [1.807, 2.05) is 19.9 Å². The smallest absolute Gasteiger partial charge is 0.165 e. The van der Waals surface area contributed by atoms with Gasteiger partial charge in [-0.05, 0) is 18.6 Å². The number of hydrogen-bond acceptors (Lipinski definition) is 3. The normalized spacial score (nSPS) is 12.4. The minimum Gasteiger partial charge on any atom is -0.493 e. The van der Waals surface area contributed by atoms with Crippen molar-refractivity contribution >= 4 is 11.6 Å². The topological polar surface area (TPSA) is 38.7 Å². The molecule has 1 unspecified atom stereocenters. The van der Waals surface area contributed by atoms with E-state index in [-0.39, 0.29) is 12.5 Å². The number of halogens is 1. The van der Waals surface area contributed by atoms with Gasteiger partial charge in [0, 0.05) is 18.1 Å². The van der Waals surface area contributed by atoms with Gasteiger partial charge in [0.2, 0.25) is 0 Å². The summed E-state index contributed by atoms with van der Waals surface area (Å²) in [4.78, 5) is 0. The van der Waals surface area contributed by atoms with E-state index in [1.165, 1.54) is 0 Å². The number of hydrogen-bond donors (Lipinski definition) is 1. The fraction of sp³-hybridized carbons (Fsp3) is 0.500. The van der Waals surface area contributed by atoms with Gasteiger partial charge in [-0.15, -0.1) is 0 Å². The van der Waals surface area contributed by atoms with Crippen LogP contribution in [0.1, 0.15) is 24.0 Å². The van der Waals surface area contributed by atoms with Gasteiger partial charge in [0.15, 0.2) is 11.5 Å². The van der Waals surface area contributed by atoms with Gasteiger partial charge in [-0.25, -0.2) is 0 Å². The predicted octanol–water partition coefficient (Wildman–Crippen LogP) is 2.76. The van der Waals surface area contributed by atoms with E-state index < -0.39 is 0 Å². The van der Waals surface area contributed by atoms with Gasteiger partial charge in [0.05, 0.1) is 19.2 Å². The molecule has 16 heavy (non-hydrogen) atoms. The Labute approximate surface area is 101 Å². The second kappa shape index (κ2) is 5.41. The number of methoxy groups -OCH3 is 2. The van der Waals surface area contributed by atoms with Crippen LogP contribution in [-0.2, 0) is 0 Å². The number of benzene rings is 1. The van der Waals surface area contributed by atoms with Crippen LogP contribution in [0.5, 0.6) is 11.5 Å². The molecular formula is C12H17ClO3. The second-order valence-corrected chi connectivity index (χ2v) is 4.12. The zero-order chi connectivity index (χ0) is 12.3. The maximum Gasteiger partial charge on any atom is 0.165 e. The molecule has 1 aromatic rings. The maximum absolute atomic E-state index is 9.23. The van der Waals surface area contributed by atoms with Crippen LogP contribution in [0, 0.1) is 6.92 Å². The van der Waals surface area contributed by atoms with E-state index >= 15 is 0 Å². The third kappa shape index (κ3) is 2.25. The van der Waals surface area contributed by atoms with Gasteiger partial charge < -0.3 is 14.6 Å².